The van der Waals surface area contributed by atoms with Crippen LogP contribution in [0.5, 0.6) is 0 Å². The molecule has 0 heterocycles. The van der Waals surface area contributed by atoms with Gasteiger partial charge in [-0.1, -0.05) is 20.3 Å². The highest BCUT2D eigenvalue weighted by molar-refractivity contribution is 7.90. The maximum absolute atomic E-state index is 11.6. The van der Waals surface area contributed by atoms with Crippen molar-refractivity contribution in [3.63, 3.8) is 0 Å². The molecule has 1 aliphatic carbocycles. The van der Waals surface area contributed by atoms with Gasteiger partial charge < -0.3 is 0 Å². The Morgan fingerprint density at radius 2 is 1.86 bits per heavy atom. The van der Waals surface area contributed by atoms with Crippen LogP contribution >= 0.6 is 0 Å². The standard InChI is InChI=1S/C10H21NO2S/c1-10(2)7-4-5-9(6-8-10)14(12,13)11-3/h9,11H,4-8H2,1-3H3. The molecule has 1 aliphatic rings. The fourth-order valence-corrected chi connectivity index (χ4v) is 3.34. The van der Waals surface area contributed by atoms with Gasteiger partial charge >= 0.3 is 0 Å². The number of sulfonamides is 1. The summed E-state index contributed by atoms with van der Waals surface area (Å²) in [6.07, 6.45) is 4.79. The van der Waals surface area contributed by atoms with Crippen LogP contribution in [0.25, 0.3) is 0 Å². The molecular weight excluding hydrogens is 198 g/mol. The van der Waals surface area contributed by atoms with E-state index in [0.29, 0.717) is 5.41 Å². The fourth-order valence-electron chi connectivity index (χ4n) is 2.11. The van der Waals surface area contributed by atoms with Crippen molar-refractivity contribution in [2.75, 3.05) is 7.05 Å². The topological polar surface area (TPSA) is 46.2 Å². The molecule has 0 spiro atoms. The highest BCUT2D eigenvalue weighted by Gasteiger charge is 2.30. The molecule has 0 aromatic carbocycles. The minimum absolute atomic E-state index is 0.172. The molecule has 1 unspecified atom stereocenters. The second-order valence-corrected chi connectivity index (χ2v) is 7.13. The summed E-state index contributed by atoms with van der Waals surface area (Å²) in [5.74, 6) is 0. The number of hydrogen-bond acceptors (Lipinski definition) is 2. The molecule has 0 amide bonds. The first-order valence-corrected chi connectivity index (χ1v) is 6.84. The van der Waals surface area contributed by atoms with Crippen LogP contribution < -0.4 is 4.72 Å². The molecule has 14 heavy (non-hydrogen) atoms. The summed E-state index contributed by atoms with van der Waals surface area (Å²) in [6, 6.07) is 0. The molecule has 4 heteroatoms. The van der Waals surface area contributed by atoms with Crippen molar-refractivity contribution in [2.45, 2.75) is 51.2 Å². The molecule has 3 nitrogen and oxygen atoms in total. The Kier molecular flexibility index (Phi) is 3.58. The van der Waals surface area contributed by atoms with Crippen LogP contribution in [0, 0.1) is 5.41 Å². The maximum atomic E-state index is 11.6. The summed E-state index contributed by atoms with van der Waals surface area (Å²) in [5, 5.41) is -0.172. The zero-order valence-corrected chi connectivity index (χ0v) is 10.2. The predicted octanol–water partition coefficient (Wildman–Crippen LogP) is 1.89. The highest BCUT2D eigenvalue weighted by Crippen LogP contribution is 2.35. The average molecular weight is 219 g/mol. The van der Waals surface area contributed by atoms with Gasteiger partial charge in [0.2, 0.25) is 10.0 Å². The van der Waals surface area contributed by atoms with Gasteiger partial charge in [0.15, 0.2) is 0 Å². The molecule has 0 bridgehead atoms. The Bertz CT molecular complexity index is 282. The number of rotatable bonds is 2. The molecule has 1 fully saturated rings. The first-order valence-electron chi connectivity index (χ1n) is 5.30. The summed E-state index contributed by atoms with van der Waals surface area (Å²) in [7, 11) is -1.54. The fraction of sp³-hybridized carbons (Fsp3) is 1.00. The normalized spacial score (nSPS) is 28.4. The Labute approximate surface area is 87.3 Å². The van der Waals surface area contributed by atoms with Crippen molar-refractivity contribution in [1.82, 2.24) is 4.72 Å². The van der Waals surface area contributed by atoms with Gasteiger partial charge in [-0.2, -0.15) is 0 Å². The van der Waals surface area contributed by atoms with Gasteiger partial charge in [0.1, 0.15) is 0 Å². The summed E-state index contributed by atoms with van der Waals surface area (Å²) >= 11 is 0. The molecule has 1 N–H and O–H groups in total. The Morgan fingerprint density at radius 3 is 2.43 bits per heavy atom. The molecule has 84 valence electrons. The lowest BCUT2D eigenvalue weighted by molar-refractivity contribution is 0.314. The first kappa shape index (κ1) is 12.0. The van der Waals surface area contributed by atoms with Crippen LogP contribution in [0.4, 0.5) is 0 Å². The van der Waals surface area contributed by atoms with E-state index in [-0.39, 0.29) is 5.25 Å². The third kappa shape index (κ3) is 2.95. The van der Waals surface area contributed by atoms with Crippen LogP contribution in [0.15, 0.2) is 0 Å². The Balaban J connectivity index is 2.68. The molecule has 0 aromatic rings. The van der Waals surface area contributed by atoms with E-state index in [9.17, 15) is 8.42 Å². The van der Waals surface area contributed by atoms with Crippen molar-refractivity contribution >= 4 is 10.0 Å². The van der Waals surface area contributed by atoms with Crippen LogP contribution in [0.3, 0.4) is 0 Å². The third-order valence-corrected chi connectivity index (χ3v) is 5.16. The van der Waals surface area contributed by atoms with E-state index >= 15 is 0 Å². The monoisotopic (exact) mass is 219 g/mol. The predicted molar refractivity (Wildman–Crippen MR) is 58.6 cm³/mol. The number of nitrogens with one attached hydrogen (secondary N) is 1. The zero-order chi connectivity index (χ0) is 10.8. The number of hydrogen-bond donors (Lipinski definition) is 1. The van der Waals surface area contributed by atoms with E-state index in [1.807, 2.05) is 0 Å². The van der Waals surface area contributed by atoms with Gasteiger partial charge in [-0.05, 0) is 38.1 Å². The smallest absolute Gasteiger partial charge is 0.214 e. The van der Waals surface area contributed by atoms with Crippen molar-refractivity contribution in [2.24, 2.45) is 5.41 Å². The van der Waals surface area contributed by atoms with Gasteiger partial charge in [-0.3, -0.25) is 0 Å². The molecule has 1 atom stereocenters. The molecule has 0 aliphatic heterocycles. The summed E-state index contributed by atoms with van der Waals surface area (Å²) in [6.45, 7) is 4.45. The lowest BCUT2D eigenvalue weighted by atomic mass is 9.85. The summed E-state index contributed by atoms with van der Waals surface area (Å²) in [4.78, 5) is 0. The summed E-state index contributed by atoms with van der Waals surface area (Å²) in [5.41, 5.74) is 0.317. The highest BCUT2D eigenvalue weighted by atomic mass is 32.2. The zero-order valence-electron chi connectivity index (χ0n) is 9.34. The van der Waals surface area contributed by atoms with Crippen molar-refractivity contribution in [1.29, 1.82) is 0 Å². The van der Waals surface area contributed by atoms with E-state index in [2.05, 4.69) is 18.6 Å². The molecule has 0 radical (unpaired) electrons. The molecule has 0 aromatic heterocycles. The van der Waals surface area contributed by atoms with Crippen molar-refractivity contribution in [3.8, 4) is 0 Å². The van der Waals surface area contributed by atoms with Gasteiger partial charge in [-0.25, -0.2) is 13.1 Å². The molecule has 1 rings (SSSR count). The minimum Gasteiger partial charge on any atom is -0.218 e. The lowest BCUT2D eigenvalue weighted by Gasteiger charge is -2.21. The molecular formula is C10H21NO2S. The Hall–Kier alpha value is -0.0900. The second-order valence-electron chi connectivity index (χ2n) is 4.97. The molecule has 0 saturated heterocycles. The van der Waals surface area contributed by atoms with E-state index < -0.39 is 10.0 Å². The SMILES string of the molecule is CNS(=O)(=O)C1CCCC(C)(C)CC1. The second kappa shape index (κ2) is 4.19. The maximum Gasteiger partial charge on any atom is 0.214 e. The van der Waals surface area contributed by atoms with Crippen molar-refractivity contribution in [3.05, 3.63) is 0 Å². The van der Waals surface area contributed by atoms with Crippen LogP contribution in [0.2, 0.25) is 0 Å². The summed E-state index contributed by atoms with van der Waals surface area (Å²) < 4.78 is 25.7. The van der Waals surface area contributed by atoms with Crippen LogP contribution in [-0.4, -0.2) is 20.7 Å². The molecule has 1 saturated carbocycles. The lowest BCUT2D eigenvalue weighted by Crippen LogP contribution is -2.31. The van der Waals surface area contributed by atoms with Crippen molar-refractivity contribution < 1.29 is 8.42 Å². The van der Waals surface area contributed by atoms with Crippen LogP contribution in [0.1, 0.15) is 46.0 Å². The quantitative estimate of drug-likeness (QED) is 0.721. The van der Waals surface area contributed by atoms with Gasteiger partial charge in [0, 0.05) is 0 Å². The van der Waals surface area contributed by atoms with Gasteiger partial charge in [0.25, 0.3) is 0 Å². The average Bonchev–Trinajstić information content (AvgIpc) is 2.26. The third-order valence-electron chi connectivity index (χ3n) is 3.25. The largest absolute Gasteiger partial charge is 0.218 e. The Morgan fingerprint density at radius 1 is 1.21 bits per heavy atom. The van der Waals surface area contributed by atoms with Gasteiger partial charge in [0.05, 0.1) is 5.25 Å². The van der Waals surface area contributed by atoms with E-state index in [1.54, 1.807) is 0 Å². The minimum atomic E-state index is -3.04. The van der Waals surface area contributed by atoms with E-state index in [0.717, 1.165) is 32.1 Å². The van der Waals surface area contributed by atoms with E-state index in [4.69, 9.17) is 0 Å². The van der Waals surface area contributed by atoms with Crippen LogP contribution in [-0.2, 0) is 10.0 Å². The van der Waals surface area contributed by atoms with Gasteiger partial charge in [-0.15, -0.1) is 0 Å². The first-order chi connectivity index (χ1) is 6.37. The van der Waals surface area contributed by atoms with E-state index in [1.165, 1.54) is 7.05 Å².